The molecule has 0 bridgehead atoms. The Balaban J connectivity index is 1.61. The summed E-state index contributed by atoms with van der Waals surface area (Å²) in [4.78, 5) is 8.40. The van der Waals surface area contributed by atoms with Gasteiger partial charge in [0.1, 0.15) is 11.6 Å². The summed E-state index contributed by atoms with van der Waals surface area (Å²) < 4.78 is 27.2. The minimum atomic E-state index is -0.404. The largest absolute Gasteiger partial charge is 0.366 e. The van der Waals surface area contributed by atoms with E-state index in [-0.39, 0.29) is 5.82 Å². The molecule has 2 fully saturated rings. The predicted octanol–water partition coefficient (Wildman–Crippen LogP) is 2.07. The monoisotopic (exact) mass is 308 g/mol. The zero-order chi connectivity index (χ0) is 15.7. The fourth-order valence-corrected chi connectivity index (χ4v) is 2.87. The minimum absolute atomic E-state index is 0.346. The lowest BCUT2D eigenvalue weighted by Crippen LogP contribution is -2.53. The highest BCUT2D eigenvalue weighted by atomic mass is 19.1. The Morgan fingerprint density at radius 1 is 1.23 bits per heavy atom. The molecule has 1 N–H and O–H groups in total. The molecule has 2 atom stereocenters. The summed E-state index contributed by atoms with van der Waals surface area (Å²) in [5, 5.41) is 3.46. The van der Waals surface area contributed by atoms with Crippen LogP contribution in [-0.4, -0.2) is 50.1 Å². The Kier molecular flexibility index (Phi) is 4.18. The van der Waals surface area contributed by atoms with E-state index in [4.69, 9.17) is 0 Å². The van der Waals surface area contributed by atoms with E-state index >= 15 is 0 Å². The van der Waals surface area contributed by atoms with Crippen LogP contribution in [0.2, 0.25) is 0 Å². The van der Waals surface area contributed by atoms with Gasteiger partial charge in [-0.25, -0.2) is 8.78 Å². The van der Waals surface area contributed by atoms with Crippen LogP contribution in [0.1, 0.15) is 13.3 Å². The van der Waals surface area contributed by atoms with Crippen LogP contribution in [0.25, 0.3) is 0 Å². The molecule has 1 heterocycles. The number of halogens is 2. The highest BCUT2D eigenvalue weighted by molar-refractivity contribution is 5.80. The molecule has 1 aliphatic carbocycles. The molecule has 1 aliphatic heterocycles. The Hall–Kier alpha value is -1.85. The van der Waals surface area contributed by atoms with Crippen LogP contribution >= 0.6 is 0 Å². The van der Waals surface area contributed by atoms with Crippen LogP contribution in [0.5, 0.6) is 0 Å². The van der Waals surface area contributed by atoms with Gasteiger partial charge in [-0.2, -0.15) is 0 Å². The van der Waals surface area contributed by atoms with Gasteiger partial charge in [0.2, 0.25) is 0 Å². The molecule has 4 nitrogen and oxygen atoms in total. The van der Waals surface area contributed by atoms with Crippen LogP contribution in [0, 0.1) is 17.6 Å². The molecular formula is C16H22F2N4. The third kappa shape index (κ3) is 3.15. The van der Waals surface area contributed by atoms with Crippen LogP contribution in [-0.2, 0) is 0 Å². The molecule has 22 heavy (non-hydrogen) atoms. The maximum absolute atomic E-state index is 13.8. The van der Waals surface area contributed by atoms with Crippen molar-refractivity contribution in [3.05, 3.63) is 29.8 Å². The molecule has 1 saturated carbocycles. The lowest BCUT2D eigenvalue weighted by Gasteiger charge is -2.37. The summed E-state index contributed by atoms with van der Waals surface area (Å²) in [7, 11) is 1.79. The molecule has 3 rings (SSSR count). The number of guanidine groups is 1. The molecule has 2 aliphatic rings. The number of hydrogen-bond acceptors (Lipinski definition) is 2. The SMILES string of the molecule is CN=C(NC1CC1C)N1CCN(c2cc(F)ccc2F)CC1. The topological polar surface area (TPSA) is 30.9 Å². The summed E-state index contributed by atoms with van der Waals surface area (Å²) in [5.41, 5.74) is 0.346. The van der Waals surface area contributed by atoms with Crippen molar-refractivity contribution in [2.45, 2.75) is 19.4 Å². The lowest BCUT2D eigenvalue weighted by atomic mass is 10.2. The number of aliphatic imine (C=N–C) groups is 1. The van der Waals surface area contributed by atoms with Crippen LogP contribution < -0.4 is 10.2 Å². The Labute approximate surface area is 129 Å². The maximum atomic E-state index is 13.8. The van der Waals surface area contributed by atoms with Gasteiger partial charge in [-0.3, -0.25) is 4.99 Å². The van der Waals surface area contributed by atoms with E-state index in [1.807, 2.05) is 4.90 Å². The Morgan fingerprint density at radius 3 is 2.50 bits per heavy atom. The zero-order valence-electron chi connectivity index (χ0n) is 13.0. The molecule has 2 unspecified atom stereocenters. The van der Waals surface area contributed by atoms with E-state index in [9.17, 15) is 8.78 Å². The highest BCUT2D eigenvalue weighted by Gasteiger charge is 2.34. The van der Waals surface area contributed by atoms with Gasteiger partial charge in [0.05, 0.1) is 5.69 Å². The molecule has 0 spiro atoms. The third-order valence-corrected chi connectivity index (χ3v) is 4.46. The van der Waals surface area contributed by atoms with Crippen LogP contribution in [0.3, 0.4) is 0 Å². The van der Waals surface area contributed by atoms with E-state index in [0.717, 1.165) is 25.1 Å². The van der Waals surface area contributed by atoms with Crippen molar-refractivity contribution in [2.24, 2.45) is 10.9 Å². The fourth-order valence-electron chi connectivity index (χ4n) is 2.87. The predicted molar refractivity (Wildman–Crippen MR) is 84.2 cm³/mol. The van der Waals surface area contributed by atoms with Crippen LogP contribution in [0.4, 0.5) is 14.5 Å². The van der Waals surface area contributed by atoms with Gasteiger partial charge in [0, 0.05) is 45.3 Å². The molecule has 1 aromatic carbocycles. The van der Waals surface area contributed by atoms with E-state index in [1.54, 1.807) is 7.05 Å². The molecular weight excluding hydrogens is 286 g/mol. The van der Waals surface area contributed by atoms with Crippen molar-refractivity contribution in [1.29, 1.82) is 0 Å². The fraction of sp³-hybridized carbons (Fsp3) is 0.562. The Morgan fingerprint density at radius 2 is 1.91 bits per heavy atom. The lowest BCUT2D eigenvalue weighted by molar-refractivity contribution is 0.369. The maximum Gasteiger partial charge on any atom is 0.193 e. The number of nitrogens with one attached hydrogen (secondary N) is 1. The van der Waals surface area contributed by atoms with Gasteiger partial charge in [-0.05, 0) is 24.5 Å². The van der Waals surface area contributed by atoms with Gasteiger partial charge < -0.3 is 15.1 Å². The van der Waals surface area contributed by atoms with Crippen LogP contribution in [0.15, 0.2) is 23.2 Å². The van der Waals surface area contributed by atoms with E-state index in [2.05, 4.69) is 22.1 Å². The summed E-state index contributed by atoms with van der Waals surface area (Å²) >= 11 is 0. The number of anilines is 1. The first-order valence-corrected chi connectivity index (χ1v) is 7.76. The number of hydrogen-bond donors (Lipinski definition) is 1. The van der Waals surface area contributed by atoms with Crippen molar-refractivity contribution in [3.8, 4) is 0 Å². The number of nitrogens with zero attached hydrogens (tertiary/aromatic N) is 3. The zero-order valence-corrected chi connectivity index (χ0v) is 13.0. The summed E-state index contributed by atoms with van der Waals surface area (Å²) in [5.74, 6) is 0.844. The summed E-state index contributed by atoms with van der Waals surface area (Å²) in [6.07, 6.45) is 1.19. The van der Waals surface area contributed by atoms with Gasteiger partial charge in [0.25, 0.3) is 0 Å². The van der Waals surface area contributed by atoms with Crippen molar-refractivity contribution >= 4 is 11.6 Å². The molecule has 1 saturated heterocycles. The van der Waals surface area contributed by atoms with Gasteiger partial charge in [-0.1, -0.05) is 6.92 Å². The smallest absolute Gasteiger partial charge is 0.193 e. The Bertz CT molecular complexity index is 567. The van der Waals surface area contributed by atoms with Gasteiger partial charge in [-0.15, -0.1) is 0 Å². The third-order valence-electron chi connectivity index (χ3n) is 4.46. The second-order valence-corrected chi connectivity index (χ2v) is 6.08. The summed E-state index contributed by atoms with van der Waals surface area (Å²) in [6, 6.07) is 4.13. The van der Waals surface area contributed by atoms with Crippen molar-refractivity contribution in [1.82, 2.24) is 10.2 Å². The highest BCUT2D eigenvalue weighted by Crippen LogP contribution is 2.29. The van der Waals surface area contributed by atoms with Gasteiger partial charge in [0.15, 0.2) is 5.96 Å². The molecule has 0 amide bonds. The first-order valence-electron chi connectivity index (χ1n) is 7.76. The standard InChI is InChI=1S/C16H22F2N4/c1-11-9-14(11)20-16(19-2)22-7-5-21(6-8-22)15-10-12(17)3-4-13(15)18/h3-4,10-11,14H,5-9H2,1-2H3,(H,19,20). The minimum Gasteiger partial charge on any atom is -0.366 e. The van der Waals surface area contributed by atoms with Gasteiger partial charge >= 0.3 is 0 Å². The molecule has 0 radical (unpaired) electrons. The molecule has 1 aromatic rings. The average molecular weight is 308 g/mol. The first kappa shape index (κ1) is 15.1. The number of rotatable bonds is 2. The quantitative estimate of drug-likeness (QED) is 0.670. The second kappa shape index (κ2) is 6.10. The normalized spacial score (nSPS) is 25.4. The number of piperazine rings is 1. The summed E-state index contributed by atoms with van der Waals surface area (Å²) in [6.45, 7) is 5.02. The molecule has 120 valence electrons. The van der Waals surface area contributed by atoms with E-state index < -0.39 is 5.82 Å². The first-order chi connectivity index (χ1) is 10.6. The average Bonchev–Trinajstić information content (AvgIpc) is 3.23. The van der Waals surface area contributed by atoms with Crippen molar-refractivity contribution in [3.63, 3.8) is 0 Å². The van der Waals surface area contributed by atoms with E-state index in [1.165, 1.54) is 18.6 Å². The van der Waals surface area contributed by atoms with Crippen molar-refractivity contribution < 1.29 is 8.78 Å². The molecule has 6 heteroatoms. The van der Waals surface area contributed by atoms with Crippen molar-refractivity contribution in [2.75, 3.05) is 38.1 Å². The molecule has 0 aromatic heterocycles. The van der Waals surface area contributed by atoms with E-state index in [0.29, 0.717) is 30.7 Å². The second-order valence-electron chi connectivity index (χ2n) is 6.08. The number of benzene rings is 1.